The lowest BCUT2D eigenvalue weighted by molar-refractivity contribution is -0.156. The van der Waals surface area contributed by atoms with Crippen LogP contribution in [0.15, 0.2) is 0 Å². The third-order valence-corrected chi connectivity index (χ3v) is 5.76. The summed E-state index contributed by atoms with van der Waals surface area (Å²) in [5.41, 5.74) is 5.42. The van der Waals surface area contributed by atoms with E-state index >= 15 is 0 Å². The number of hydrogen-bond acceptors (Lipinski definition) is 6. The Balaban J connectivity index is 2.93. The van der Waals surface area contributed by atoms with Crippen LogP contribution in [-0.2, 0) is 23.9 Å². The first-order valence-electron chi connectivity index (χ1n) is 12.7. The Labute approximate surface area is 204 Å². The molecule has 0 bridgehead atoms. The Hall–Kier alpha value is -2.16. The van der Waals surface area contributed by atoms with Gasteiger partial charge in [0.25, 0.3) is 0 Å². The summed E-state index contributed by atoms with van der Waals surface area (Å²) < 4.78 is 5.36. The Bertz CT molecular complexity index is 683. The van der Waals surface area contributed by atoms with Crippen molar-refractivity contribution in [2.75, 3.05) is 6.54 Å². The summed E-state index contributed by atoms with van der Waals surface area (Å²) in [7, 11) is 0. The van der Waals surface area contributed by atoms with E-state index in [0.717, 1.165) is 25.7 Å². The molecule has 0 saturated heterocycles. The van der Waals surface area contributed by atoms with E-state index in [-0.39, 0.29) is 18.2 Å². The minimum Gasteiger partial charge on any atom is -0.460 e. The van der Waals surface area contributed by atoms with Crippen LogP contribution in [0.1, 0.15) is 92.9 Å². The molecule has 0 spiro atoms. The summed E-state index contributed by atoms with van der Waals surface area (Å²) in [6.45, 7) is 11.3. The maximum absolute atomic E-state index is 13.1. The monoisotopic (exact) mass is 482 g/mol. The highest BCUT2D eigenvalue weighted by atomic mass is 16.6. The molecule has 3 atom stereocenters. The summed E-state index contributed by atoms with van der Waals surface area (Å²) in [4.78, 5) is 50.9. The number of esters is 1. The third-order valence-electron chi connectivity index (χ3n) is 5.76. The molecule has 5 N–H and O–H groups in total. The van der Waals surface area contributed by atoms with Crippen LogP contribution < -0.4 is 21.7 Å². The molecule has 196 valence electrons. The van der Waals surface area contributed by atoms with Crippen LogP contribution in [0, 0.1) is 11.8 Å². The van der Waals surface area contributed by atoms with Crippen LogP contribution in [0.25, 0.3) is 0 Å². The van der Waals surface area contributed by atoms with Crippen LogP contribution in [-0.4, -0.2) is 54.0 Å². The number of carbonyl (C=O) groups is 4. The molecule has 1 saturated carbocycles. The lowest BCUT2D eigenvalue weighted by atomic mass is 9.85. The Kier molecular flexibility index (Phi) is 12.6. The molecule has 0 aromatic carbocycles. The number of ether oxygens (including phenoxy) is 1. The second-order valence-corrected chi connectivity index (χ2v) is 10.8. The van der Waals surface area contributed by atoms with E-state index in [0.29, 0.717) is 25.3 Å². The van der Waals surface area contributed by atoms with Gasteiger partial charge in [0.2, 0.25) is 17.7 Å². The minimum absolute atomic E-state index is 0.149. The third kappa shape index (κ3) is 11.8. The van der Waals surface area contributed by atoms with Crippen LogP contribution >= 0.6 is 0 Å². The summed E-state index contributed by atoms with van der Waals surface area (Å²) in [5, 5.41) is 8.08. The molecule has 3 amide bonds. The smallest absolute Gasteiger partial charge is 0.308 e. The highest BCUT2D eigenvalue weighted by Gasteiger charge is 2.32. The molecule has 9 nitrogen and oxygen atoms in total. The number of carbonyl (C=O) groups excluding carboxylic acids is 4. The highest BCUT2D eigenvalue weighted by Crippen LogP contribution is 2.27. The zero-order valence-electron chi connectivity index (χ0n) is 21.9. The molecular formula is C25H46N4O5. The van der Waals surface area contributed by atoms with Crippen molar-refractivity contribution in [2.45, 2.75) is 117 Å². The highest BCUT2D eigenvalue weighted by molar-refractivity contribution is 5.95. The molecule has 1 aliphatic rings. The summed E-state index contributed by atoms with van der Waals surface area (Å²) >= 11 is 0. The van der Waals surface area contributed by atoms with E-state index < -0.39 is 41.5 Å². The van der Waals surface area contributed by atoms with Crippen molar-refractivity contribution < 1.29 is 23.9 Å². The number of nitrogens with one attached hydrogen (secondary N) is 3. The predicted octanol–water partition coefficient (Wildman–Crippen LogP) is 2.17. The first-order valence-corrected chi connectivity index (χ1v) is 12.7. The van der Waals surface area contributed by atoms with Crippen LogP contribution in [0.3, 0.4) is 0 Å². The minimum atomic E-state index is -1.19. The molecule has 1 fully saturated rings. The molecule has 0 heterocycles. The van der Waals surface area contributed by atoms with Gasteiger partial charge in [-0.2, -0.15) is 0 Å². The Morgan fingerprint density at radius 3 is 2.06 bits per heavy atom. The van der Waals surface area contributed by atoms with Gasteiger partial charge in [-0.1, -0.05) is 46.0 Å². The second kappa shape index (κ2) is 14.3. The van der Waals surface area contributed by atoms with Crippen molar-refractivity contribution in [1.82, 2.24) is 16.0 Å². The molecule has 1 unspecified atom stereocenters. The zero-order valence-corrected chi connectivity index (χ0v) is 21.9. The summed E-state index contributed by atoms with van der Waals surface area (Å²) in [6, 6.07) is -2.74. The van der Waals surface area contributed by atoms with E-state index in [9.17, 15) is 19.2 Å². The maximum Gasteiger partial charge on any atom is 0.308 e. The van der Waals surface area contributed by atoms with Crippen molar-refractivity contribution in [2.24, 2.45) is 17.6 Å². The topological polar surface area (TPSA) is 140 Å². The number of nitrogens with two attached hydrogens (primary N) is 1. The van der Waals surface area contributed by atoms with E-state index in [2.05, 4.69) is 16.0 Å². The van der Waals surface area contributed by atoms with Gasteiger partial charge in [0.05, 0.1) is 12.5 Å². The largest absolute Gasteiger partial charge is 0.460 e. The van der Waals surface area contributed by atoms with Gasteiger partial charge in [-0.05, 0) is 52.4 Å². The van der Waals surface area contributed by atoms with Gasteiger partial charge < -0.3 is 26.4 Å². The average molecular weight is 483 g/mol. The number of rotatable bonds is 12. The predicted molar refractivity (Wildman–Crippen MR) is 132 cm³/mol. The zero-order chi connectivity index (χ0) is 25.9. The Morgan fingerprint density at radius 2 is 1.53 bits per heavy atom. The lowest BCUT2D eigenvalue weighted by Crippen LogP contribution is -2.56. The first kappa shape index (κ1) is 29.9. The fraction of sp³-hybridized carbons (Fsp3) is 0.840. The fourth-order valence-corrected chi connectivity index (χ4v) is 4.20. The van der Waals surface area contributed by atoms with E-state index in [1.807, 2.05) is 13.8 Å². The van der Waals surface area contributed by atoms with Crippen LogP contribution in [0.5, 0.6) is 0 Å². The number of likely N-dealkylation sites (N-methyl/N-ethyl adjacent to an activating group) is 1. The van der Waals surface area contributed by atoms with Gasteiger partial charge >= 0.3 is 5.97 Å². The maximum atomic E-state index is 13.1. The van der Waals surface area contributed by atoms with Gasteiger partial charge in [0, 0.05) is 6.54 Å². The van der Waals surface area contributed by atoms with Crippen LogP contribution in [0.4, 0.5) is 0 Å². The quantitative estimate of drug-likeness (QED) is 0.314. The second-order valence-electron chi connectivity index (χ2n) is 10.8. The SMILES string of the molecule is CCNC(=O)C(CC(C)C)NC(=O)[C@H](CC(=O)OC(C)(C)C)NC(=O)[C@@H](N)CC1CCCCC1. The van der Waals surface area contributed by atoms with E-state index in [4.69, 9.17) is 10.5 Å². The molecule has 0 aromatic rings. The van der Waals surface area contributed by atoms with Crippen molar-refractivity contribution in [3.63, 3.8) is 0 Å². The summed E-state index contributed by atoms with van der Waals surface area (Å²) in [5.74, 6) is -1.47. The lowest BCUT2D eigenvalue weighted by Gasteiger charge is -2.27. The van der Waals surface area contributed by atoms with Crippen molar-refractivity contribution in [3.05, 3.63) is 0 Å². The molecule has 0 radical (unpaired) electrons. The van der Waals surface area contributed by atoms with E-state index in [1.54, 1.807) is 27.7 Å². The fourth-order valence-electron chi connectivity index (χ4n) is 4.20. The van der Waals surface area contributed by atoms with Crippen molar-refractivity contribution in [3.8, 4) is 0 Å². The molecule has 9 heteroatoms. The Morgan fingerprint density at radius 1 is 0.941 bits per heavy atom. The molecule has 34 heavy (non-hydrogen) atoms. The van der Waals surface area contributed by atoms with Gasteiger partial charge in [-0.15, -0.1) is 0 Å². The molecular weight excluding hydrogens is 436 g/mol. The van der Waals surface area contributed by atoms with E-state index in [1.165, 1.54) is 6.42 Å². The van der Waals surface area contributed by atoms with Gasteiger partial charge in [0.1, 0.15) is 17.7 Å². The van der Waals surface area contributed by atoms with Crippen LogP contribution in [0.2, 0.25) is 0 Å². The van der Waals surface area contributed by atoms with Gasteiger partial charge in [-0.25, -0.2) is 0 Å². The van der Waals surface area contributed by atoms with Gasteiger partial charge in [0.15, 0.2) is 0 Å². The summed E-state index contributed by atoms with van der Waals surface area (Å²) in [6.07, 6.45) is 6.19. The standard InChI is InChI=1S/C25H46N4O5/c1-7-27-23(32)19(13-16(2)3)29-24(33)20(15-21(30)34-25(4,5)6)28-22(31)18(26)14-17-11-9-8-10-12-17/h16-20H,7-15,26H2,1-6H3,(H,27,32)(H,28,31)(H,29,33)/t18-,19?,20-/m0/s1. The normalized spacial score (nSPS) is 17.4. The van der Waals surface area contributed by atoms with Crippen molar-refractivity contribution >= 4 is 23.7 Å². The van der Waals surface area contributed by atoms with Gasteiger partial charge in [-0.3, -0.25) is 19.2 Å². The average Bonchev–Trinajstić information content (AvgIpc) is 2.71. The molecule has 0 aromatic heterocycles. The molecule has 1 rings (SSSR count). The number of hydrogen-bond donors (Lipinski definition) is 4. The first-order chi connectivity index (χ1) is 15.8. The molecule has 0 aliphatic heterocycles. The number of amides is 3. The molecule has 1 aliphatic carbocycles. The van der Waals surface area contributed by atoms with Crippen molar-refractivity contribution in [1.29, 1.82) is 0 Å².